The molecule has 0 aromatic heterocycles. The maximum Gasteiger partial charge on any atom is 0.429 e. The first kappa shape index (κ1) is 20.3. The van der Waals surface area contributed by atoms with Crippen LogP contribution in [0.25, 0.3) is 0 Å². The van der Waals surface area contributed by atoms with Gasteiger partial charge in [0, 0.05) is 0 Å². The van der Waals surface area contributed by atoms with Crippen molar-refractivity contribution >= 4 is 18.2 Å². The molecule has 0 N–H and O–H groups in total. The number of hydrogen-bond donors (Lipinski definition) is 0. The third-order valence-electron chi connectivity index (χ3n) is 3.46. The molecule has 9 heteroatoms. The van der Waals surface area contributed by atoms with E-state index < -0.39 is 23.8 Å². The van der Waals surface area contributed by atoms with Gasteiger partial charge in [0.15, 0.2) is 0 Å². The highest BCUT2D eigenvalue weighted by atomic mass is 16.6. The van der Waals surface area contributed by atoms with Gasteiger partial charge in [0.05, 0.1) is 25.8 Å². The quantitative estimate of drug-likeness (QED) is 0.572. The summed E-state index contributed by atoms with van der Waals surface area (Å²) in [5.74, 6) is -0.0387. The molecular weight excluding hydrogens is 356 g/mol. The Morgan fingerprint density at radius 3 is 2.67 bits per heavy atom. The van der Waals surface area contributed by atoms with Gasteiger partial charge in [0.1, 0.15) is 24.6 Å². The van der Waals surface area contributed by atoms with Gasteiger partial charge in [-0.3, -0.25) is 0 Å². The minimum absolute atomic E-state index is 0.0700. The molecule has 1 aromatic carbocycles. The number of nitrogens with zero attached hydrogens (tertiary/aromatic N) is 2. The van der Waals surface area contributed by atoms with Crippen LogP contribution < -0.4 is 4.74 Å². The van der Waals surface area contributed by atoms with E-state index in [0.29, 0.717) is 11.3 Å². The molecule has 2 rings (SSSR count). The summed E-state index contributed by atoms with van der Waals surface area (Å²) in [6.07, 6.45) is -1.29. The van der Waals surface area contributed by atoms with Gasteiger partial charge in [-0.15, -0.1) is 0 Å². The SMILES string of the molecule is COC(=O)c1cccc(OCCN2C(=O)OCCN2C(=O)OC(C)(C)C)c1. The van der Waals surface area contributed by atoms with Gasteiger partial charge >= 0.3 is 18.2 Å². The van der Waals surface area contributed by atoms with Crippen molar-refractivity contribution in [2.45, 2.75) is 26.4 Å². The zero-order chi connectivity index (χ0) is 20.0. The number of rotatable bonds is 5. The van der Waals surface area contributed by atoms with Crippen molar-refractivity contribution in [3.8, 4) is 5.75 Å². The number of esters is 1. The highest BCUT2D eigenvalue weighted by molar-refractivity contribution is 5.89. The fourth-order valence-electron chi connectivity index (χ4n) is 2.31. The van der Waals surface area contributed by atoms with Crippen LogP contribution in [0.3, 0.4) is 0 Å². The van der Waals surface area contributed by atoms with Crippen molar-refractivity contribution < 1.29 is 33.3 Å². The van der Waals surface area contributed by atoms with E-state index in [-0.39, 0.29) is 26.3 Å². The molecule has 2 amide bonds. The summed E-state index contributed by atoms with van der Waals surface area (Å²) >= 11 is 0. The van der Waals surface area contributed by atoms with E-state index >= 15 is 0 Å². The zero-order valence-electron chi connectivity index (χ0n) is 15.9. The summed E-state index contributed by atoms with van der Waals surface area (Å²) in [7, 11) is 1.29. The Kier molecular flexibility index (Phi) is 6.49. The second-order valence-electron chi connectivity index (χ2n) is 6.71. The van der Waals surface area contributed by atoms with Gasteiger partial charge in [0.25, 0.3) is 0 Å². The molecule has 1 aromatic rings. The Morgan fingerprint density at radius 1 is 1.26 bits per heavy atom. The standard InChI is InChI=1S/C18H24N2O7/c1-18(2,3)27-17(23)20-9-11-26-16(22)19(20)8-10-25-14-7-5-6-13(12-14)15(21)24-4/h5-7,12H,8-11H2,1-4H3. The Hall–Kier alpha value is -2.97. The van der Waals surface area contributed by atoms with Gasteiger partial charge in [-0.05, 0) is 39.0 Å². The number of methoxy groups -OCH3 is 1. The van der Waals surface area contributed by atoms with Crippen LogP contribution in [-0.2, 0) is 14.2 Å². The minimum atomic E-state index is -0.686. The van der Waals surface area contributed by atoms with Gasteiger partial charge in [0.2, 0.25) is 0 Å². The average Bonchev–Trinajstić information content (AvgIpc) is 2.61. The molecule has 0 unspecified atom stereocenters. The lowest BCUT2D eigenvalue weighted by Crippen LogP contribution is -2.57. The van der Waals surface area contributed by atoms with Crippen LogP contribution in [0.5, 0.6) is 5.75 Å². The summed E-state index contributed by atoms with van der Waals surface area (Å²) in [4.78, 5) is 35.9. The third-order valence-corrected chi connectivity index (χ3v) is 3.46. The van der Waals surface area contributed by atoms with Gasteiger partial charge < -0.3 is 18.9 Å². The molecule has 0 aliphatic carbocycles. The molecule has 0 spiro atoms. The van der Waals surface area contributed by atoms with E-state index in [4.69, 9.17) is 14.2 Å². The lowest BCUT2D eigenvalue weighted by Gasteiger charge is -2.37. The largest absolute Gasteiger partial charge is 0.492 e. The van der Waals surface area contributed by atoms with Crippen molar-refractivity contribution in [3.05, 3.63) is 29.8 Å². The van der Waals surface area contributed by atoms with E-state index in [1.165, 1.54) is 18.2 Å². The summed E-state index contributed by atoms with van der Waals surface area (Å²) in [5.41, 5.74) is -0.336. The molecule has 27 heavy (non-hydrogen) atoms. The summed E-state index contributed by atoms with van der Waals surface area (Å²) < 4.78 is 20.6. The molecule has 1 heterocycles. The first-order valence-corrected chi connectivity index (χ1v) is 8.47. The van der Waals surface area contributed by atoms with Crippen LogP contribution in [0, 0.1) is 0 Å². The van der Waals surface area contributed by atoms with Crippen LogP contribution >= 0.6 is 0 Å². The normalized spacial score (nSPS) is 14.4. The first-order valence-electron chi connectivity index (χ1n) is 8.47. The molecule has 1 fully saturated rings. The number of benzene rings is 1. The van der Waals surface area contributed by atoms with Crippen molar-refractivity contribution in [2.75, 3.05) is 33.4 Å². The Balaban J connectivity index is 1.98. The van der Waals surface area contributed by atoms with Crippen LogP contribution in [-0.4, -0.2) is 67.2 Å². The fourth-order valence-corrected chi connectivity index (χ4v) is 2.31. The smallest absolute Gasteiger partial charge is 0.429 e. The second-order valence-corrected chi connectivity index (χ2v) is 6.71. The Bertz CT molecular complexity index is 699. The predicted molar refractivity (Wildman–Crippen MR) is 94.3 cm³/mol. The van der Waals surface area contributed by atoms with E-state index in [2.05, 4.69) is 4.74 Å². The Labute approximate surface area is 157 Å². The van der Waals surface area contributed by atoms with Crippen LogP contribution in [0.2, 0.25) is 0 Å². The number of carbonyl (C=O) groups is 3. The zero-order valence-corrected chi connectivity index (χ0v) is 15.9. The fraction of sp³-hybridized carbons (Fsp3) is 0.500. The van der Waals surface area contributed by atoms with Crippen LogP contribution in [0.15, 0.2) is 24.3 Å². The van der Waals surface area contributed by atoms with Crippen molar-refractivity contribution in [1.29, 1.82) is 0 Å². The number of cyclic esters (lactones) is 1. The maximum absolute atomic E-state index is 12.3. The average molecular weight is 380 g/mol. The van der Waals surface area contributed by atoms with Crippen molar-refractivity contribution in [2.24, 2.45) is 0 Å². The molecule has 0 radical (unpaired) electrons. The Morgan fingerprint density at radius 2 is 2.00 bits per heavy atom. The van der Waals surface area contributed by atoms with Gasteiger partial charge in [-0.2, -0.15) is 0 Å². The topological polar surface area (TPSA) is 94.6 Å². The number of hydrazine groups is 1. The molecule has 0 bridgehead atoms. The monoisotopic (exact) mass is 380 g/mol. The highest BCUT2D eigenvalue weighted by Crippen LogP contribution is 2.17. The number of hydrogen-bond acceptors (Lipinski definition) is 7. The molecule has 0 saturated carbocycles. The van der Waals surface area contributed by atoms with E-state index in [1.807, 2.05) is 0 Å². The second kappa shape index (κ2) is 8.61. The molecule has 1 aliphatic rings. The highest BCUT2D eigenvalue weighted by Gasteiger charge is 2.34. The number of carbonyl (C=O) groups excluding carboxylic acids is 3. The molecular formula is C18H24N2O7. The molecule has 1 aliphatic heterocycles. The van der Waals surface area contributed by atoms with Crippen molar-refractivity contribution in [3.63, 3.8) is 0 Å². The summed E-state index contributed by atoms with van der Waals surface area (Å²) in [6.45, 7) is 5.67. The first-order chi connectivity index (χ1) is 12.7. The number of amides is 2. The lowest BCUT2D eigenvalue weighted by atomic mass is 10.2. The number of ether oxygens (including phenoxy) is 4. The van der Waals surface area contributed by atoms with Crippen molar-refractivity contribution in [1.82, 2.24) is 10.0 Å². The molecule has 0 atom stereocenters. The summed E-state index contributed by atoms with van der Waals surface area (Å²) in [5, 5.41) is 2.34. The van der Waals surface area contributed by atoms with E-state index in [9.17, 15) is 14.4 Å². The predicted octanol–water partition coefficient (Wildman–Crippen LogP) is 2.46. The summed E-state index contributed by atoms with van der Waals surface area (Å²) in [6, 6.07) is 6.47. The molecule has 9 nitrogen and oxygen atoms in total. The van der Waals surface area contributed by atoms with E-state index in [0.717, 1.165) is 5.01 Å². The maximum atomic E-state index is 12.3. The third kappa shape index (κ3) is 5.77. The van der Waals surface area contributed by atoms with Gasteiger partial charge in [-0.1, -0.05) is 6.07 Å². The van der Waals surface area contributed by atoms with Crippen LogP contribution in [0.4, 0.5) is 9.59 Å². The van der Waals surface area contributed by atoms with E-state index in [1.54, 1.807) is 39.0 Å². The minimum Gasteiger partial charge on any atom is -0.492 e. The van der Waals surface area contributed by atoms with Crippen LogP contribution in [0.1, 0.15) is 31.1 Å². The lowest BCUT2D eigenvalue weighted by molar-refractivity contribution is -0.0790. The van der Waals surface area contributed by atoms with Gasteiger partial charge in [-0.25, -0.2) is 24.4 Å². The molecule has 1 saturated heterocycles. The molecule has 148 valence electrons.